The van der Waals surface area contributed by atoms with Crippen LogP contribution in [0.2, 0.25) is 0 Å². The van der Waals surface area contributed by atoms with Crippen molar-refractivity contribution in [3.05, 3.63) is 12.2 Å². The van der Waals surface area contributed by atoms with E-state index in [1.807, 2.05) is 0 Å². The monoisotopic (exact) mass is 141 g/mol. The van der Waals surface area contributed by atoms with Gasteiger partial charge in [-0.2, -0.15) is 0 Å². The van der Waals surface area contributed by atoms with Gasteiger partial charge in [0.1, 0.15) is 0 Å². The van der Waals surface area contributed by atoms with E-state index < -0.39 is 0 Å². The second kappa shape index (κ2) is 4.51. The number of rotatable bonds is 4. The lowest BCUT2D eigenvalue weighted by Crippen LogP contribution is -2.22. The van der Waals surface area contributed by atoms with Gasteiger partial charge in [0.15, 0.2) is 0 Å². The lowest BCUT2D eigenvalue weighted by atomic mass is 9.88. The summed E-state index contributed by atoms with van der Waals surface area (Å²) in [6.45, 7) is 7.24. The minimum atomic E-state index is 0.319. The van der Waals surface area contributed by atoms with Crippen molar-refractivity contribution in [1.82, 2.24) is 0 Å². The Morgan fingerprint density at radius 2 is 2.00 bits per heavy atom. The first-order valence-electron chi connectivity index (χ1n) is 3.93. The molecule has 0 rings (SSSR count). The highest BCUT2D eigenvalue weighted by atomic mass is 14.6. The average Bonchev–Trinajstić information content (AvgIpc) is 1.89. The maximum Gasteiger partial charge on any atom is -0.00257 e. The van der Waals surface area contributed by atoms with Gasteiger partial charge in [0.2, 0.25) is 0 Å². The Kier molecular flexibility index (Phi) is 4.37. The lowest BCUT2D eigenvalue weighted by Gasteiger charge is -2.20. The van der Waals surface area contributed by atoms with E-state index in [1.54, 1.807) is 0 Å². The summed E-state index contributed by atoms with van der Waals surface area (Å²) in [6, 6.07) is 0. The minimum absolute atomic E-state index is 0.319. The first kappa shape index (κ1) is 9.70. The fraction of sp³-hybridized carbons (Fsp3) is 0.778. The van der Waals surface area contributed by atoms with Gasteiger partial charge in [-0.15, -0.1) is 0 Å². The van der Waals surface area contributed by atoms with Gasteiger partial charge < -0.3 is 5.73 Å². The molecule has 0 fully saturated rings. The third-order valence-electron chi connectivity index (χ3n) is 1.78. The van der Waals surface area contributed by atoms with Gasteiger partial charge in [0.05, 0.1) is 0 Å². The summed E-state index contributed by atoms with van der Waals surface area (Å²) in [5.41, 5.74) is 5.88. The summed E-state index contributed by atoms with van der Waals surface area (Å²) < 4.78 is 0. The molecule has 0 radical (unpaired) electrons. The van der Waals surface area contributed by atoms with Gasteiger partial charge in [-0.1, -0.05) is 26.0 Å². The van der Waals surface area contributed by atoms with Crippen molar-refractivity contribution >= 4 is 0 Å². The molecular weight excluding hydrogens is 122 g/mol. The quantitative estimate of drug-likeness (QED) is 0.597. The summed E-state index contributed by atoms with van der Waals surface area (Å²) in [7, 11) is 0. The van der Waals surface area contributed by atoms with Crippen LogP contribution in [0.3, 0.4) is 0 Å². The Hall–Kier alpha value is -0.300. The molecule has 1 nitrogen and oxygen atoms in total. The van der Waals surface area contributed by atoms with E-state index in [1.165, 1.54) is 6.42 Å². The first-order valence-corrected chi connectivity index (χ1v) is 3.93. The standard InChI is InChI=1S/C9H19N/c1-4-5-6-7-9(2,3)8-10/h4-5H,6-8,10H2,1-3H3/b5-4-. The number of hydrogen-bond donors (Lipinski definition) is 1. The van der Waals surface area contributed by atoms with Crippen LogP contribution >= 0.6 is 0 Å². The molecule has 10 heavy (non-hydrogen) atoms. The molecule has 0 atom stereocenters. The fourth-order valence-electron chi connectivity index (χ4n) is 0.743. The zero-order valence-corrected chi connectivity index (χ0v) is 7.35. The molecule has 0 aliphatic rings. The Morgan fingerprint density at radius 1 is 1.40 bits per heavy atom. The Morgan fingerprint density at radius 3 is 2.40 bits per heavy atom. The van der Waals surface area contributed by atoms with Crippen molar-refractivity contribution in [2.45, 2.75) is 33.6 Å². The van der Waals surface area contributed by atoms with Crippen molar-refractivity contribution < 1.29 is 0 Å². The molecule has 0 aromatic heterocycles. The Balaban J connectivity index is 3.46. The Labute approximate surface area is 64.3 Å². The van der Waals surface area contributed by atoms with Crippen LogP contribution in [0.15, 0.2) is 12.2 Å². The van der Waals surface area contributed by atoms with E-state index in [0.717, 1.165) is 13.0 Å². The van der Waals surface area contributed by atoms with Crippen molar-refractivity contribution in [2.24, 2.45) is 11.1 Å². The molecule has 0 heterocycles. The highest BCUT2D eigenvalue weighted by Gasteiger charge is 2.12. The number of nitrogens with two attached hydrogens (primary N) is 1. The summed E-state index contributed by atoms with van der Waals surface area (Å²) in [5, 5.41) is 0. The van der Waals surface area contributed by atoms with Gasteiger partial charge in [-0.3, -0.25) is 0 Å². The molecule has 60 valence electrons. The van der Waals surface area contributed by atoms with Crippen molar-refractivity contribution in [3.8, 4) is 0 Å². The summed E-state index contributed by atoms with van der Waals surface area (Å²) >= 11 is 0. The van der Waals surface area contributed by atoms with Crippen molar-refractivity contribution in [2.75, 3.05) is 6.54 Å². The van der Waals surface area contributed by atoms with Crippen LogP contribution in [0.1, 0.15) is 33.6 Å². The topological polar surface area (TPSA) is 26.0 Å². The molecular formula is C9H19N. The van der Waals surface area contributed by atoms with Crippen molar-refractivity contribution in [3.63, 3.8) is 0 Å². The van der Waals surface area contributed by atoms with Gasteiger partial charge in [-0.25, -0.2) is 0 Å². The molecule has 0 saturated heterocycles. The summed E-state index contributed by atoms with van der Waals surface area (Å²) in [4.78, 5) is 0. The third-order valence-corrected chi connectivity index (χ3v) is 1.78. The van der Waals surface area contributed by atoms with Crippen LogP contribution in [-0.4, -0.2) is 6.54 Å². The van der Waals surface area contributed by atoms with Crippen LogP contribution in [0.25, 0.3) is 0 Å². The maximum atomic E-state index is 5.56. The van der Waals surface area contributed by atoms with Gasteiger partial charge >= 0.3 is 0 Å². The largest absolute Gasteiger partial charge is 0.330 e. The molecule has 0 spiro atoms. The van der Waals surface area contributed by atoms with E-state index in [-0.39, 0.29) is 0 Å². The molecule has 0 aliphatic heterocycles. The summed E-state index contributed by atoms with van der Waals surface area (Å²) in [6.07, 6.45) is 6.62. The van der Waals surface area contributed by atoms with E-state index >= 15 is 0 Å². The van der Waals surface area contributed by atoms with Gasteiger partial charge in [0.25, 0.3) is 0 Å². The molecule has 0 unspecified atom stereocenters. The number of allylic oxidation sites excluding steroid dienone is 2. The van der Waals surface area contributed by atoms with Crippen LogP contribution < -0.4 is 5.73 Å². The molecule has 0 amide bonds. The zero-order chi connectivity index (χ0) is 8.04. The highest BCUT2D eigenvalue weighted by molar-refractivity contribution is 4.80. The number of hydrogen-bond acceptors (Lipinski definition) is 1. The van der Waals surface area contributed by atoms with Gasteiger partial charge in [0, 0.05) is 0 Å². The van der Waals surface area contributed by atoms with Crippen LogP contribution in [-0.2, 0) is 0 Å². The van der Waals surface area contributed by atoms with Gasteiger partial charge in [-0.05, 0) is 31.7 Å². The molecule has 0 saturated carbocycles. The minimum Gasteiger partial charge on any atom is -0.330 e. The first-order chi connectivity index (χ1) is 4.62. The lowest BCUT2D eigenvalue weighted by molar-refractivity contribution is 0.351. The highest BCUT2D eigenvalue weighted by Crippen LogP contribution is 2.19. The smallest absolute Gasteiger partial charge is 0.00257 e. The molecule has 1 heteroatoms. The molecule has 0 bridgehead atoms. The fourth-order valence-corrected chi connectivity index (χ4v) is 0.743. The van der Waals surface area contributed by atoms with Crippen LogP contribution in [0.5, 0.6) is 0 Å². The second-order valence-corrected chi connectivity index (χ2v) is 3.48. The maximum absolute atomic E-state index is 5.56. The van der Waals surface area contributed by atoms with Crippen LogP contribution in [0, 0.1) is 5.41 Å². The zero-order valence-electron chi connectivity index (χ0n) is 7.35. The molecule has 0 aromatic rings. The third kappa shape index (κ3) is 4.57. The predicted octanol–water partition coefficient (Wildman–Crippen LogP) is 2.33. The van der Waals surface area contributed by atoms with E-state index in [4.69, 9.17) is 5.73 Å². The molecule has 0 aliphatic carbocycles. The average molecular weight is 141 g/mol. The van der Waals surface area contributed by atoms with Crippen LogP contribution in [0.4, 0.5) is 0 Å². The van der Waals surface area contributed by atoms with E-state index in [0.29, 0.717) is 5.41 Å². The summed E-state index contributed by atoms with van der Waals surface area (Å²) in [5.74, 6) is 0. The SMILES string of the molecule is C/C=C\CCC(C)(C)CN. The van der Waals surface area contributed by atoms with E-state index in [9.17, 15) is 0 Å². The normalized spacial score (nSPS) is 12.8. The van der Waals surface area contributed by atoms with Crippen molar-refractivity contribution in [1.29, 1.82) is 0 Å². The second-order valence-electron chi connectivity index (χ2n) is 3.48. The predicted molar refractivity (Wildman–Crippen MR) is 46.9 cm³/mol. The Bertz CT molecular complexity index is 103. The van der Waals surface area contributed by atoms with E-state index in [2.05, 4.69) is 32.9 Å². The molecule has 2 N–H and O–H groups in total. The molecule has 0 aromatic carbocycles.